The van der Waals surface area contributed by atoms with Crippen LogP contribution in [0.2, 0.25) is 0 Å². The standard InChI is InChI=1S/C18H18N3/c1-2-6-15-13(4-1)5-3-7-16(15)18-17(12-20-21-18)14-8-10-19-11-9-14/h1-7,12,14,19H,8-11H2/q-1. The highest BCUT2D eigenvalue weighted by Gasteiger charge is 2.18. The van der Waals surface area contributed by atoms with Crippen LogP contribution in [-0.2, 0) is 0 Å². The molecule has 1 aromatic heterocycles. The van der Waals surface area contributed by atoms with Crippen LogP contribution in [0.1, 0.15) is 24.3 Å². The summed E-state index contributed by atoms with van der Waals surface area (Å²) in [5, 5.41) is 14.6. The van der Waals surface area contributed by atoms with Crippen LogP contribution < -0.4 is 10.4 Å². The number of rotatable bonds is 2. The highest BCUT2D eigenvalue weighted by Crippen LogP contribution is 2.35. The minimum Gasteiger partial charge on any atom is -0.581 e. The Labute approximate surface area is 124 Å². The molecular weight excluding hydrogens is 258 g/mol. The van der Waals surface area contributed by atoms with E-state index in [0.29, 0.717) is 5.92 Å². The molecule has 1 saturated heterocycles. The second kappa shape index (κ2) is 5.34. The smallest absolute Gasteiger partial charge is 0.0508 e. The van der Waals surface area contributed by atoms with Crippen molar-refractivity contribution in [2.24, 2.45) is 0 Å². The van der Waals surface area contributed by atoms with Crippen LogP contribution in [0, 0.1) is 0 Å². The molecule has 0 unspecified atom stereocenters. The van der Waals surface area contributed by atoms with Gasteiger partial charge in [-0.25, -0.2) is 0 Å². The molecule has 3 aromatic rings. The number of fused-ring (bicyclic) bond motifs is 1. The van der Waals surface area contributed by atoms with Crippen molar-refractivity contribution in [2.45, 2.75) is 18.8 Å². The van der Waals surface area contributed by atoms with Crippen molar-refractivity contribution in [1.82, 2.24) is 15.5 Å². The van der Waals surface area contributed by atoms with Gasteiger partial charge in [0.05, 0.1) is 5.69 Å². The maximum absolute atomic E-state index is 4.44. The maximum Gasteiger partial charge on any atom is 0.0508 e. The number of hydrogen-bond donors (Lipinski definition) is 1. The molecule has 0 atom stereocenters. The van der Waals surface area contributed by atoms with Gasteiger partial charge < -0.3 is 15.5 Å². The van der Waals surface area contributed by atoms with Crippen LogP contribution in [0.15, 0.2) is 48.7 Å². The Kier molecular flexibility index (Phi) is 3.20. The third-order valence-electron chi connectivity index (χ3n) is 4.45. The lowest BCUT2D eigenvalue weighted by Crippen LogP contribution is -2.26. The van der Waals surface area contributed by atoms with Gasteiger partial charge in [0.2, 0.25) is 0 Å². The SMILES string of the molecule is c1ccc2c(-c3n[n-]cc3C3CCNCC3)cccc2c1. The summed E-state index contributed by atoms with van der Waals surface area (Å²) < 4.78 is 0. The first-order valence-corrected chi connectivity index (χ1v) is 7.60. The Morgan fingerprint density at radius 2 is 1.81 bits per heavy atom. The summed E-state index contributed by atoms with van der Waals surface area (Å²) in [5.41, 5.74) is 3.59. The van der Waals surface area contributed by atoms with Gasteiger partial charge in [-0.05, 0) is 48.2 Å². The molecule has 0 radical (unpaired) electrons. The molecule has 3 nitrogen and oxygen atoms in total. The van der Waals surface area contributed by atoms with E-state index in [-0.39, 0.29) is 0 Å². The van der Waals surface area contributed by atoms with E-state index in [1.54, 1.807) is 0 Å². The quantitative estimate of drug-likeness (QED) is 0.780. The van der Waals surface area contributed by atoms with E-state index in [1.165, 1.54) is 34.7 Å². The number of hydrogen-bond acceptors (Lipinski definition) is 2. The topological polar surface area (TPSA) is 39.0 Å². The van der Waals surface area contributed by atoms with E-state index in [2.05, 4.69) is 58.0 Å². The van der Waals surface area contributed by atoms with E-state index >= 15 is 0 Å². The molecule has 106 valence electrons. The third-order valence-corrected chi connectivity index (χ3v) is 4.45. The molecule has 0 saturated carbocycles. The molecule has 1 N–H and O–H groups in total. The zero-order valence-corrected chi connectivity index (χ0v) is 11.9. The maximum atomic E-state index is 4.44. The molecule has 1 aliphatic rings. The second-order valence-electron chi connectivity index (χ2n) is 5.70. The minimum absolute atomic E-state index is 0.579. The van der Waals surface area contributed by atoms with Crippen LogP contribution >= 0.6 is 0 Å². The van der Waals surface area contributed by atoms with Crippen molar-refractivity contribution in [1.29, 1.82) is 0 Å². The van der Waals surface area contributed by atoms with E-state index < -0.39 is 0 Å². The van der Waals surface area contributed by atoms with Crippen molar-refractivity contribution < 1.29 is 0 Å². The molecular formula is C18H18N3-. The van der Waals surface area contributed by atoms with E-state index in [0.717, 1.165) is 18.8 Å². The predicted octanol–water partition coefficient (Wildman–Crippen LogP) is 3.33. The molecule has 4 rings (SSSR count). The van der Waals surface area contributed by atoms with Gasteiger partial charge in [-0.1, -0.05) is 42.5 Å². The van der Waals surface area contributed by atoms with Crippen molar-refractivity contribution >= 4 is 10.8 Å². The first kappa shape index (κ1) is 12.6. The van der Waals surface area contributed by atoms with Crippen LogP contribution in [-0.4, -0.2) is 18.2 Å². The van der Waals surface area contributed by atoms with E-state index in [9.17, 15) is 0 Å². The Balaban J connectivity index is 1.84. The lowest BCUT2D eigenvalue weighted by atomic mass is 9.88. The first-order valence-electron chi connectivity index (χ1n) is 7.60. The summed E-state index contributed by atoms with van der Waals surface area (Å²) in [4.78, 5) is 0. The van der Waals surface area contributed by atoms with Crippen molar-refractivity contribution in [3.8, 4) is 11.3 Å². The van der Waals surface area contributed by atoms with E-state index in [1.807, 2.05) is 6.20 Å². The monoisotopic (exact) mass is 276 g/mol. The van der Waals surface area contributed by atoms with Gasteiger partial charge in [0.25, 0.3) is 0 Å². The number of nitrogens with one attached hydrogen (secondary N) is 1. The Bertz CT molecular complexity index is 749. The molecule has 0 amide bonds. The largest absolute Gasteiger partial charge is 0.581 e. The van der Waals surface area contributed by atoms with Gasteiger partial charge in [0.1, 0.15) is 0 Å². The summed E-state index contributed by atoms with van der Waals surface area (Å²) in [6.07, 6.45) is 4.31. The Morgan fingerprint density at radius 3 is 2.71 bits per heavy atom. The molecule has 1 fully saturated rings. The predicted molar refractivity (Wildman–Crippen MR) is 85.3 cm³/mol. The van der Waals surface area contributed by atoms with Crippen LogP contribution in [0.4, 0.5) is 0 Å². The van der Waals surface area contributed by atoms with Crippen LogP contribution in [0.25, 0.3) is 22.0 Å². The van der Waals surface area contributed by atoms with Gasteiger partial charge >= 0.3 is 0 Å². The van der Waals surface area contributed by atoms with Crippen molar-refractivity contribution in [2.75, 3.05) is 13.1 Å². The molecule has 1 aliphatic heterocycles. The zero-order chi connectivity index (χ0) is 14.1. The summed E-state index contributed by atoms with van der Waals surface area (Å²) in [6.45, 7) is 2.18. The van der Waals surface area contributed by atoms with Crippen LogP contribution in [0.3, 0.4) is 0 Å². The fourth-order valence-corrected chi connectivity index (χ4v) is 3.34. The summed E-state index contributed by atoms with van der Waals surface area (Å²) in [6, 6.07) is 14.9. The Hall–Kier alpha value is -2.13. The van der Waals surface area contributed by atoms with Gasteiger partial charge in [0.15, 0.2) is 0 Å². The van der Waals surface area contributed by atoms with E-state index in [4.69, 9.17) is 0 Å². The van der Waals surface area contributed by atoms with Gasteiger partial charge in [-0.3, -0.25) is 0 Å². The third kappa shape index (κ3) is 2.24. The second-order valence-corrected chi connectivity index (χ2v) is 5.70. The highest BCUT2D eigenvalue weighted by atomic mass is 15.1. The lowest BCUT2D eigenvalue weighted by Gasteiger charge is -2.24. The normalized spacial score (nSPS) is 16.4. The summed E-state index contributed by atoms with van der Waals surface area (Å²) >= 11 is 0. The molecule has 0 spiro atoms. The lowest BCUT2D eigenvalue weighted by molar-refractivity contribution is 0.461. The van der Waals surface area contributed by atoms with Crippen molar-refractivity contribution in [3.05, 3.63) is 54.2 Å². The fraction of sp³-hybridized carbons (Fsp3) is 0.278. The molecule has 2 heterocycles. The molecule has 0 aliphatic carbocycles. The average molecular weight is 276 g/mol. The highest BCUT2D eigenvalue weighted by molar-refractivity contribution is 5.96. The first-order chi connectivity index (χ1) is 10.4. The molecule has 21 heavy (non-hydrogen) atoms. The summed E-state index contributed by atoms with van der Waals surface area (Å²) in [5.74, 6) is 0.579. The van der Waals surface area contributed by atoms with Gasteiger partial charge in [0, 0.05) is 5.56 Å². The molecule has 0 bridgehead atoms. The average Bonchev–Trinajstić information content (AvgIpc) is 3.04. The minimum atomic E-state index is 0.579. The molecule has 3 heteroatoms. The molecule has 2 aromatic carbocycles. The number of piperidine rings is 1. The van der Waals surface area contributed by atoms with Crippen LogP contribution in [0.5, 0.6) is 0 Å². The number of nitrogens with zero attached hydrogens (tertiary/aromatic N) is 2. The van der Waals surface area contributed by atoms with Gasteiger partial charge in [-0.15, -0.1) is 0 Å². The Morgan fingerprint density at radius 1 is 1.00 bits per heavy atom. The summed E-state index contributed by atoms with van der Waals surface area (Å²) in [7, 11) is 0. The number of aromatic nitrogens is 2. The van der Waals surface area contributed by atoms with Gasteiger partial charge in [-0.2, -0.15) is 6.20 Å². The fourth-order valence-electron chi connectivity index (χ4n) is 3.34. The number of benzene rings is 2. The van der Waals surface area contributed by atoms with Crippen molar-refractivity contribution in [3.63, 3.8) is 0 Å². The zero-order valence-electron chi connectivity index (χ0n) is 11.9.